The Morgan fingerprint density at radius 1 is 1.61 bits per heavy atom. The third-order valence-corrected chi connectivity index (χ3v) is 5.17. The Hall–Kier alpha value is -0.540. The van der Waals surface area contributed by atoms with E-state index < -0.39 is 10.2 Å². The smallest absolute Gasteiger partial charge is 0.279 e. The molecule has 8 heteroatoms. The lowest BCUT2D eigenvalue weighted by Crippen LogP contribution is -2.40. The molecule has 3 N–H and O–H groups in total. The van der Waals surface area contributed by atoms with Crippen LogP contribution in [0.2, 0.25) is 0 Å². The van der Waals surface area contributed by atoms with Gasteiger partial charge in [0.05, 0.1) is 6.04 Å². The van der Waals surface area contributed by atoms with Gasteiger partial charge in [-0.2, -0.15) is 17.4 Å². The van der Waals surface area contributed by atoms with E-state index >= 15 is 0 Å². The van der Waals surface area contributed by atoms with Gasteiger partial charge in [-0.1, -0.05) is 0 Å². The second-order valence-electron chi connectivity index (χ2n) is 4.12. The molecule has 0 aliphatic heterocycles. The molecule has 1 heterocycles. The summed E-state index contributed by atoms with van der Waals surface area (Å²) in [6.45, 7) is 4.61. The third-order valence-electron chi connectivity index (χ3n) is 2.42. The Morgan fingerprint density at radius 2 is 2.28 bits per heavy atom. The van der Waals surface area contributed by atoms with Crippen molar-refractivity contribution in [1.82, 2.24) is 14.0 Å². The molecule has 18 heavy (non-hydrogen) atoms. The van der Waals surface area contributed by atoms with Gasteiger partial charge in [-0.15, -0.1) is 11.3 Å². The first kappa shape index (κ1) is 15.5. The first-order chi connectivity index (χ1) is 8.36. The molecule has 0 spiro atoms. The summed E-state index contributed by atoms with van der Waals surface area (Å²) in [5.74, 6) is 0. The van der Waals surface area contributed by atoms with Crippen LogP contribution in [0.15, 0.2) is 6.20 Å². The molecule has 104 valence electrons. The van der Waals surface area contributed by atoms with Crippen molar-refractivity contribution < 1.29 is 8.42 Å². The van der Waals surface area contributed by atoms with E-state index in [-0.39, 0.29) is 6.04 Å². The van der Waals surface area contributed by atoms with Gasteiger partial charge in [-0.05, 0) is 26.8 Å². The molecule has 6 nitrogen and oxygen atoms in total. The Bertz CT molecular complexity index is 472. The van der Waals surface area contributed by atoms with Gasteiger partial charge < -0.3 is 5.73 Å². The number of hydrogen-bond donors (Lipinski definition) is 2. The summed E-state index contributed by atoms with van der Waals surface area (Å²) < 4.78 is 27.8. The van der Waals surface area contributed by atoms with Crippen LogP contribution in [-0.2, 0) is 10.2 Å². The summed E-state index contributed by atoms with van der Waals surface area (Å²) in [5, 5.41) is 0.767. The molecule has 0 radical (unpaired) electrons. The second-order valence-corrected chi connectivity index (χ2v) is 7.19. The molecule has 1 aromatic heterocycles. The van der Waals surface area contributed by atoms with Crippen LogP contribution in [0.5, 0.6) is 0 Å². The second kappa shape index (κ2) is 6.58. The summed E-state index contributed by atoms with van der Waals surface area (Å²) in [4.78, 5) is 5.24. The lowest BCUT2D eigenvalue weighted by atomic mass is 10.4. The van der Waals surface area contributed by atoms with Crippen molar-refractivity contribution in [3.05, 3.63) is 16.1 Å². The molecular weight excluding hydrogens is 272 g/mol. The van der Waals surface area contributed by atoms with Gasteiger partial charge in [-0.25, -0.2) is 4.98 Å². The summed E-state index contributed by atoms with van der Waals surface area (Å²) in [5.41, 5.74) is 5.36. The van der Waals surface area contributed by atoms with E-state index in [2.05, 4.69) is 9.71 Å². The van der Waals surface area contributed by atoms with Crippen LogP contribution in [0, 0.1) is 6.92 Å². The minimum Gasteiger partial charge on any atom is -0.330 e. The number of hydrogen-bond acceptors (Lipinski definition) is 5. The lowest BCUT2D eigenvalue weighted by Gasteiger charge is -2.19. The molecule has 1 aromatic rings. The highest BCUT2D eigenvalue weighted by molar-refractivity contribution is 7.87. The Labute approximate surface area is 112 Å². The fraction of sp³-hybridized carbons (Fsp3) is 0.700. The molecule has 0 amide bonds. The standard InChI is InChI=1S/C10H20N4O2S2/c1-8-7-12-10(17-8)9(2)13-18(15,16)14(3)6-4-5-11/h7,9,13H,4-6,11H2,1-3H3. The molecule has 0 aromatic carbocycles. The fourth-order valence-electron chi connectivity index (χ4n) is 1.37. The maximum absolute atomic E-state index is 12.0. The van der Waals surface area contributed by atoms with Crippen LogP contribution in [0.25, 0.3) is 0 Å². The average Bonchev–Trinajstić information content (AvgIpc) is 2.72. The molecular formula is C10H20N4O2S2. The molecule has 0 aliphatic rings. The molecule has 0 saturated carbocycles. The number of nitrogens with two attached hydrogens (primary N) is 1. The zero-order valence-corrected chi connectivity index (χ0v) is 12.5. The van der Waals surface area contributed by atoms with Crippen LogP contribution in [0.1, 0.15) is 29.3 Å². The molecule has 0 bridgehead atoms. The summed E-state index contributed by atoms with van der Waals surface area (Å²) in [6.07, 6.45) is 2.38. The Morgan fingerprint density at radius 3 is 2.78 bits per heavy atom. The number of aromatic nitrogens is 1. The van der Waals surface area contributed by atoms with Crippen LogP contribution in [0.4, 0.5) is 0 Å². The summed E-state index contributed by atoms with van der Waals surface area (Å²) in [6, 6.07) is -0.325. The number of nitrogens with one attached hydrogen (secondary N) is 1. The van der Waals surface area contributed by atoms with Crippen LogP contribution in [0.3, 0.4) is 0 Å². The van der Waals surface area contributed by atoms with Gasteiger partial charge >= 0.3 is 0 Å². The van der Waals surface area contributed by atoms with E-state index in [1.165, 1.54) is 22.7 Å². The van der Waals surface area contributed by atoms with E-state index in [0.717, 1.165) is 9.88 Å². The fourth-order valence-corrected chi connectivity index (χ4v) is 3.33. The number of rotatable bonds is 7. The van der Waals surface area contributed by atoms with Crippen molar-refractivity contribution in [3.63, 3.8) is 0 Å². The van der Waals surface area contributed by atoms with Crippen molar-refractivity contribution in [1.29, 1.82) is 0 Å². The monoisotopic (exact) mass is 292 g/mol. The van der Waals surface area contributed by atoms with Crippen LogP contribution in [-0.4, -0.2) is 37.8 Å². The van der Waals surface area contributed by atoms with Crippen molar-refractivity contribution >= 4 is 21.5 Å². The van der Waals surface area contributed by atoms with E-state index in [1.54, 1.807) is 13.1 Å². The topological polar surface area (TPSA) is 88.3 Å². The molecule has 1 unspecified atom stereocenters. The van der Waals surface area contributed by atoms with Crippen molar-refractivity contribution in [2.45, 2.75) is 26.3 Å². The summed E-state index contributed by atoms with van der Waals surface area (Å²) in [7, 11) is -1.94. The van der Waals surface area contributed by atoms with E-state index in [4.69, 9.17) is 5.73 Å². The van der Waals surface area contributed by atoms with E-state index in [9.17, 15) is 8.42 Å². The minimum atomic E-state index is -3.48. The van der Waals surface area contributed by atoms with Gasteiger partial charge in [0.2, 0.25) is 0 Å². The molecule has 0 fully saturated rings. The van der Waals surface area contributed by atoms with Gasteiger partial charge in [0.25, 0.3) is 10.2 Å². The molecule has 1 rings (SSSR count). The first-order valence-corrected chi connectivity index (χ1v) is 7.98. The zero-order chi connectivity index (χ0) is 13.8. The van der Waals surface area contributed by atoms with Gasteiger partial charge in [0, 0.05) is 24.7 Å². The third kappa shape index (κ3) is 4.29. The predicted octanol–water partition coefficient (Wildman–Crippen LogP) is 0.628. The quantitative estimate of drug-likeness (QED) is 0.771. The maximum atomic E-state index is 12.0. The highest BCUT2D eigenvalue weighted by Gasteiger charge is 2.21. The minimum absolute atomic E-state index is 0.325. The van der Waals surface area contributed by atoms with E-state index in [1.807, 2.05) is 6.92 Å². The van der Waals surface area contributed by atoms with E-state index in [0.29, 0.717) is 19.5 Å². The van der Waals surface area contributed by atoms with Crippen LogP contribution < -0.4 is 10.5 Å². The lowest BCUT2D eigenvalue weighted by molar-refractivity contribution is 0.446. The number of nitrogens with zero attached hydrogens (tertiary/aromatic N) is 2. The SMILES string of the molecule is Cc1cnc(C(C)NS(=O)(=O)N(C)CCCN)s1. The Kier molecular flexibility index (Phi) is 5.67. The molecule has 0 aliphatic carbocycles. The van der Waals surface area contributed by atoms with Crippen LogP contribution >= 0.6 is 11.3 Å². The molecule has 1 atom stereocenters. The van der Waals surface area contributed by atoms with Crippen molar-refractivity contribution in [3.8, 4) is 0 Å². The highest BCUT2D eigenvalue weighted by Crippen LogP contribution is 2.19. The maximum Gasteiger partial charge on any atom is 0.279 e. The first-order valence-electron chi connectivity index (χ1n) is 5.73. The Balaban J connectivity index is 2.65. The average molecular weight is 292 g/mol. The zero-order valence-electron chi connectivity index (χ0n) is 10.9. The van der Waals surface area contributed by atoms with Gasteiger partial charge in [0.15, 0.2) is 0 Å². The molecule has 0 saturated heterocycles. The van der Waals surface area contributed by atoms with Gasteiger partial charge in [0.1, 0.15) is 5.01 Å². The van der Waals surface area contributed by atoms with Crippen molar-refractivity contribution in [2.75, 3.05) is 20.1 Å². The summed E-state index contributed by atoms with van der Waals surface area (Å²) >= 11 is 1.49. The largest absolute Gasteiger partial charge is 0.330 e. The number of aryl methyl sites for hydroxylation is 1. The highest BCUT2D eigenvalue weighted by atomic mass is 32.2. The van der Waals surface area contributed by atoms with Crippen molar-refractivity contribution in [2.24, 2.45) is 5.73 Å². The normalized spacial score (nSPS) is 14.1. The number of thiazole rings is 1. The predicted molar refractivity (Wildman–Crippen MR) is 73.6 cm³/mol. The van der Waals surface area contributed by atoms with Gasteiger partial charge in [-0.3, -0.25) is 0 Å².